The molecule has 0 radical (unpaired) electrons. The third-order valence-electron chi connectivity index (χ3n) is 9.31. The molecule has 6 aromatic rings. The van der Waals surface area contributed by atoms with Crippen LogP contribution in [0.4, 0.5) is 39.8 Å². The van der Waals surface area contributed by atoms with Crippen molar-refractivity contribution in [2.45, 2.75) is 26.5 Å². The third-order valence-corrected chi connectivity index (χ3v) is 12.9. The molecule has 0 aliphatic heterocycles. The van der Waals surface area contributed by atoms with E-state index in [1.165, 1.54) is 19.1 Å². The first kappa shape index (κ1) is 53.4. The highest BCUT2D eigenvalue weighted by atomic mass is 32.2. The molecule has 0 atom stereocenters. The molecule has 0 fully saturated rings. The Morgan fingerprint density at radius 3 is 1.65 bits per heavy atom. The van der Waals surface area contributed by atoms with Crippen LogP contribution in [-0.4, -0.2) is 125 Å². The maximum Gasteiger partial charge on any atom is 0.358 e. The van der Waals surface area contributed by atoms with Gasteiger partial charge >= 0.3 is 5.97 Å². The van der Waals surface area contributed by atoms with Gasteiger partial charge in [-0.25, -0.2) is 4.79 Å². The van der Waals surface area contributed by atoms with Gasteiger partial charge in [0.1, 0.15) is 72.7 Å². The van der Waals surface area contributed by atoms with Crippen molar-refractivity contribution in [1.82, 2.24) is 9.78 Å². The number of non-ortho nitro benzene ring substituents is 1. The summed E-state index contributed by atoms with van der Waals surface area (Å²) in [5.74, 6) is -5.37. The van der Waals surface area contributed by atoms with Crippen molar-refractivity contribution in [2.24, 2.45) is 30.7 Å². The molecule has 0 bridgehead atoms. The number of hydrogen-bond acceptors (Lipinski definition) is 24. The van der Waals surface area contributed by atoms with Crippen molar-refractivity contribution in [3.05, 3.63) is 88.1 Å². The van der Waals surface area contributed by atoms with Crippen molar-refractivity contribution < 1.29 is 96.6 Å². The Bertz CT molecular complexity index is 3790. The quantitative estimate of drug-likeness (QED) is 0.0214. The highest BCUT2D eigenvalue weighted by Gasteiger charge is 2.32. The second-order valence-corrected chi connectivity index (χ2v) is 19.7. The van der Waals surface area contributed by atoms with E-state index in [0.717, 1.165) is 24.3 Å². The normalized spacial score (nSPS) is 12.7. The number of azo groups is 3. The van der Waals surface area contributed by atoms with Gasteiger partial charge in [0.25, 0.3) is 46.2 Å². The molecule has 31 nitrogen and oxygen atoms in total. The Balaban J connectivity index is 1.54. The van der Waals surface area contributed by atoms with Gasteiger partial charge in [-0.1, -0.05) is 6.07 Å². The molecule has 72 heavy (non-hydrogen) atoms. The lowest BCUT2D eigenvalue weighted by molar-refractivity contribution is -0.385. The van der Waals surface area contributed by atoms with Crippen LogP contribution in [0.25, 0.3) is 16.5 Å². The smallest absolute Gasteiger partial charge is 0.358 e. The number of rotatable bonds is 19. The summed E-state index contributed by atoms with van der Waals surface area (Å²) in [6.07, 6.45) is 0. The van der Waals surface area contributed by atoms with Gasteiger partial charge < -0.3 is 35.0 Å². The summed E-state index contributed by atoms with van der Waals surface area (Å²) < 4.78 is 152. The Morgan fingerprint density at radius 1 is 0.639 bits per heavy atom. The molecular weight excluding hydrogens is 1050 g/mol. The third kappa shape index (κ3) is 11.4. The second-order valence-electron chi connectivity index (χ2n) is 14.1. The van der Waals surface area contributed by atoms with E-state index >= 15 is 0 Å². The van der Waals surface area contributed by atoms with Crippen LogP contribution >= 0.6 is 0 Å². The van der Waals surface area contributed by atoms with E-state index in [1.54, 1.807) is 0 Å². The molecule has 0 spiro atoms. The molecule has 0 amide bonds. The molecule has 35 heteroatoms. The van der Waals surface area contributed by atoms with E-state index in [4.69, 9.17) is 9.47 Å². The average Bonchev–Trinajstić information content (AvgIpc) is 3.62. The van der Waals surface area contributed by atoms with Gasteiger partial charge in [0.15, 0.2) is 11.4 Å². The number of aryl methyl sites for hydroxylation is 1. The van der Waals surface area contributed by atoms with E-state index < -0.39 is 160 Å². The zero-order chi connectivity index (χ0) is 53.2. The minimum Gasteiger partial charge on any atom is -0.505 e. The fourth-order valence-corrected chi connectivity index (χ4v) is 9.15. The van der Waals surface area contributed by atoms with Crippen LogP contribution < -0.4 is 9.47 Å². The van der Waals surface area contributed by atoms with Crippen molar-refractivity contribution in [1.29, 1.82) is 0 Å². The maximum atomic E-state index is 13.1. The Morgan fingerprint density at radius 2 is 1.14 bits per heavy atom. The number of aromatic hydroxyl groups is 2. The van der Waals surface area contributed by atoms with Crippen LogP contribution in [0.5, 0.6) is 23.1 Å². The van der Waals surface area contributed by atoms with Gasteiger partial charge in [0, 0.05) is 35.0 Å². The summed E-state index contributed by atoms with van der Waals surface area (Å²) in [4.78, 5) is 17.8. The number of carboxylic acid groups (broad SMARTS) is 1. The molecule has 0 saturated carbocycles. The van der Waals surface area contributed by atoms with Gasteiger partial charge in [-0.2, -0.15) is 43.5 Å². The zero-order valence-corrected chi connectivity index (χ0v) is 38.9. The predicted octanol–water partition coefficient (Wildman–Crippen LogP) is 5.33. The largest absolute Gasteiger partial charge is 0.505 e. The van der Waals surface area contributed by atoms with Crippen molar-refractivity contribution in [3.8, 4) is 28.8 Å². The minimum atomic E-state index is -5.74. The molecule has 0 aliphatic carbocycles. The number of nitro benzene ring substituents is 1. The number of hydrogen-bond donors (Lipinski definition) is 9. The number of aliphatic hydroxyl groups excluding tert-OH is 2. The summed E-state index contributed by atoms with van der Waals surface area (Å²) in [5, 5.41) is 87.1. The molecule has 5 aromatic carbocycles. The highest BCUT2D eigenvalue weighted by molar-refractivity contribution is 7.87. The Kier molecular flexibility index (Phi) is 15.1. The van der Waals surface area contributed by atoms with Crippen LogP contribution in [0.15, 0.2) is 117 Å². The van der Waals surface area contributed by atoms with Crippen LogP contribution in [0.2, 0.25) is 0 Å². The van der Waals surface area contributed by atoms with Crippen LogP contribution in [0.3, 0.4) is 0 Å². The van der Waals surface area contributed by atoms with E-state index in [1.807, 2.05) is 0 Å². The van der Waals surface area contributed by atoms with Gasteiger partial charge in [-0.15, -0.1) is 30.7 Å². The number of phenolic OH excluding ortho intramolecular Hbond substituents is 1. The van der Waals surface area contributed by atoms with E-state index in [9.17, 15) is 92.3 Å². The topological polar surface area (TPSA) is 489 Å². The number of benzene rings is 5. The zero-order valence-electron chi connectivity index (χ0n) is 35.7. The monoisotopic (exact) mass is 1080 g/mol. The summed E-state index contributed by atoms with van der Waals surface area (Å²) in [6, 6.07) is 9.40. The van der Waals surface area contributed by atoms with Gasteiger partial charge in [-0.3, -0.25) is 28.3 Å². The first-order valence-corrected chi connectivity index (χ1v) is 24.9. The van der Waals surface area contributed by atoms with Crippen molar-refractivity contribution in [2.75, 3.05) is 26.4 Å². The standard InChI is InChI=1S/C37H31N9O22S4/c1-17-2-5-21(28(12-17)69(55,56)57)38-40-23-15-27(68-11-9-48)24(16-26(23)67-10-8-47)41-42-31-30(71(61,62)63)14-20-19(34(31)49)4-7-25(35(20)72(64,65)66)45-36(50)32(33(44-45)37(51)52)43-39-22-6-3-18(46(53)54)13-29(22)70(58,59)60/h2-7,12-16,47-50H,8-11H2,1H3,(H,51,52)(H,55,56,57)(H,58,59,60)(H,61,62,63)(H,64,65,66). The SMILES string of the molecule is Cc1ccc(N=Nc2cc(OCCO)c(N=Nc3c(S(=O)(=O)O)cc4c(S(=O)(=O)O)c(-n5nc(C(=O)O)c(N=Nc6ccc([N+](=O)[O-])cc6S(=O)(=O)O)c5O)ccc4c3O)cc2OCCO)c(S(=O)(=O)O)c1. The van der Waals surface area contributed by atoms with Crippen LogP contribution in [0.1, 0.15) is 16.1 Å². The molecule has 1 aromatic heterocycles. The average molecular weight is 1080 g/mol. The second kappa shape index (κ2) is 20.4. The molecular formula is C37H31N9O22S4. The number of aromatic nitrogens is 2. The number of aliphatic hydroxyl groups is 2. The van der Waals surface area contributed by atoms with Crippen molar-refractivity contribution >= 4 is 97.0 Å². The lowest BCUT2D eigenvalue weighted by Crippen LogP contribution is -2.09. The summed E-state index contributed by atoms with van der Waals surface area (Å²) in [7, 11) is -21.5. The lowest BCUT2D eigenvalue weighted by Gasteiger charge is -2.15. The van der Waals surface area contributed by atoms with E-state index in [2.05, 4.69) is 35.8 Å². The maximum absolute atomic E-state index is 13.1. The Labute approximate surface area is 402 Å². The van der Waals surface area contributed by atoms with Gasteiger partial charge in [-0.05, 0) is 48.9 Å². The molecule has 380 valence electrons. The number of nitrogens with zero attached hydrogens (tertiary/aromatic N) is 9. The first-order valence-electron chi connectivity index (χ1n) is 19.1. The number of ether oxygens (including phenoxy) is 2. The molecule has 9 N–H and O–H groups in total. The number of nitro groups is 1. The summed E-state index contributed by atoms with van der Waals surface area (Å²) in [5.41, 5.74) is -6.86. The lowest BCUT2D eigenvalue weighted by atomic mass is 10.1. The fraction of sp³-hybridized carbons (Fsp3) is 0.135. The summed E-state index contributed by atoms with van der Waals surface area (Å²) in [6.45, 7) is -0.558. The van der Waals surface area contributed by atoms with Gasteiger partial charge in [0.05, 0.1) is 23.8 Å². The number of fused-ring (bicyclic) bond motifs is 1. The highest BCUT2D eigenvalue weighted by Crippen LogP contribution is 2.47. The van der Waals surface area contributed by atoms with Crippen LogP contribution in [0, 0.1) is 17.0 Å². The number of phenols is 1. The molecule has 6 rings (SSSR count). The number of aromatic carboxylic acids is 1. The molecule has 0 aliphatic rings. The minimum absolute atomic E-state index is 0.111. The van der Waals surface area contributed by atoms with Crippen LogP contribution in [-0.2, 0) is 40.5 Å². The number of carboxylic acids is 1. The molecule has 0 saturated heterocycles. The number of carbonyl (C=O) groups is 1. The molecule has 1 heterocycles. The first-order chi connectivity index (χ1) is 33.6. The van der Waals surface area contributed by atoms with Crippen molar-refractivity contribution in [3.63, 3.8) is 0 Å². The van der Waals surface area contributed by atoms with E-state index in [0.29, 0.717) is 35.9 Å². The Hall–Kier alpha value is -8.00. The van der Waals surface area contributed by atoms with E-state index in [-0.39, 0.29) is 27.6 Å². The summed E-state index contributed by atoms with van der Waals surface area (Å²) >= 11 is 0. The predicted molar refractivity (Wildman–Crippen MR) is 239 cm³/mol. The fourth-order valence-electron chi connectivity index (χ4n) is 6.29. The molecule has 0 unspecified atom stereocenters. The van der Waals surface area contributed by atoms with Gasteiger partial charge in [0.2, 0.25) is 11.6 Å².